The van der Waals surface area contributed by atoms with Crippen molar-refractivity contribution in [1.82, 2.24) is 5.32 Å². The molecule has 2 atom stereocenters. The summed E-state index contributed by atoms with van der Waals surface area (Å²) in [7, 11) is -3.73. The Bertz CT molecular complexity index is 880. The van der Waals surface area contributed by atoms with Gasteiger partial charge >= 0.3 is 0 Å². The first-order valence-corrected chi connectivity index (χ1v) is 10.6. The van der Waals surface area contributed by atoms with Crippen LogP contribution >= 0.6 is 0 Å². The minimum atomic E-state index is -3.73. The monoisotopic (exact) mass is 392 g/mol. The highest BCUT2D eigenvalue weighted by atomic mass is 32.2. The maximum atomic E-state index is 13.2. The third kappa shape index (κ3) is 5.29. The molecule has 0 spiro atoms. The number of carbonyl (C=O) groups excluding carboxylic acids is 1. The van der Waals surface area contributed by atoms with Crippen LogP contribution in [-0.2, 0) is 21.2 Å². The predicted molar refractivity (Wildman–Crippen MR) is 106 cm³/mol. The number of rotatable bonds is 7. The molecular weight excluding hydrogens is 367 g/mol. The standard InChI is InChI=1S/C20H25FN2O3S/c1-5-16-6-8-17(9-7-16)14(2)22-20(24)15(3)23(27(4,25)26)19-12-10-18(21)11-13-19/h6-15H,5H2,1-4H3,(H,22,24)/t14-,15-/m1/s1. The van der Waals surface area contributed by atoms with E-state index in [2.05, 4.69) is 12.2 Å². The van der Waals surface area contributed by atoms with E-state index in [4.69, 9.17) is 0 Å². The molecule has 27 heavy (non-hydrogen) atoms. The molecule has 0 aliphatic carbocycles. The maximum Gasteiger partial charge on any atom is 0.244 e. The van der Waals surface area contributed by atoms with Gasteiger partial charge in [-0.25, -0.2) is 12.8 Å². The molecule has 0 bridgehead atoms. The highest BCUT2D eigenvalue weighted by Crippen LogP contribution is 2.22. The van der Waals surface area contributed by atoms with Crippen molar-refractivity contribution in [2.45, 2.75) is 39.3 Å². The van der Waals surface area contributed by atoms with Crippen LogP contribution in [0.4, 0.5) is 10.1 Å². The molecule has 0 fully saturated rings. The summed E-state index contributed by atoms with van der Waals surface area (Å²) in [5, 5.41) is 2.85. The predicted octanol–water partition coefficient (Wildman–Crippen LogP) is 3.42. The van der Waals surface area contributed by atoms with Crippen LogP contribution in [0, 0.1) is 5.82 Å². The molecule has 1 N–H and O–H groups in total. The molecule has 0 aliphatic heterocycles. The molecule has 1 amide bonds. The zero-order valence-electron chi connectivity index (χ0n) is 15.9. The lowest BCUT2D eigenvalue weighted by molar-refractivity contribution is -0.122. The average molecular weight is 392 g/mol. The van der Waals surface area contributed by atoms with E-state index in [1.807, 2.05) is 31.2 Å². The SMILES string of the molecule is CCc1ccc([C@@H](C)NC(=O)[C@@H](C)N(c2ccc(F)cc2)S(C)(=O)=O)cc1. The lowest BCUT2D eigenvalue weighted by Gasteiger charge is -2.29. The van der Waals surface area contributed by atoms with Crippen LogP contribution in [0.5, 0.6) is 0 Å². The van der Waals surface area contributed by atoms with Gasteiger partial charge in [-0.05, 0) is 55.7 Å². The minimum absolute atomic E-state index is 0.238. The van der Waals surface area contributed by atoms with Crippen molar-refractivity contribution in [3.05, 3.63) is 65.5 Å². The van der Waals surface area contributed by atoms with Gasteiger partial charge < -0.3 is 5.32 Å². The number of nitrogens with one attached hydrogen (secondary N) is 1. The van der Waals surface area contributed by atoms with Crippen molar-refractivity contribution in [3.63, 3.8) is 0 Å². The quantitative estimate of drug-likeness (QED) is 0.785. The fourth-order valence-corrected chi connectivity index (χ4v) is 4.03. The Kier molecular flexibility index (Phi) is 6.59. The molecule has 5 nitrogen and oxygen atoms in total. The van der Waals surface area contributed by atoms with Crippen molar-refractivity contribution in [1.29, 1.82) is 0 Å². The molecule has 2 aromatic carbocycles. The van der Waals surface area contributed by atoms with Gasteiger partial charge in [0.1, 0.15) is 11.9 Å². The zero-order valence-corrected chi connectivity index (χ0v) is 16.8. The third-order valence-corrected chi connectivity index (χ3v) is 5.66. The topological polar surface area (TPSA) is 66.5 Å². The van der Waals surface area contributed by atoms with Crippen LogP contribution in [0.2, 0.25) is 0 Å². The molecule has 0 saturated heterocycles. The van der Waals surface area contributed by atoms with Gasteiger partial charge in [-0.3, -0.25) is 9.10 Å². The van der Waals surface area contributed by atoms with Gasteiger partial charge in [0.15, 0.2) is 0 Å². The molecule has 0 radical (unpaired) electrons. The molecule has 0 unspecified atom stereocenters. The smallest absolute Gasteiger partial charge is 0.244 e. The summed E-state index contributed by atoms with van der Waals surface area (Å²) in [6.07, 6.45) is 1.95. The van der Waals surface area contributed by atoms with Gasteiger partial charge in [0.25, 0.3) is 0 Å². The van der Waals surface area contributed by atoms with E-state index in [0.29, 0.717) is 0 Å². The third-order valence-electron chi connectivity index (χ3n) is 4.42. The van der Waals surface area contributed by atoms with E-state index in [-0.39, 0.29) is 11.7 Å². The highest BCUT2D eigenvalue weighted by molar-refractivity contribution is 7.92. The summed E-state index contributed by atoms with van der Waals surface area (Å²) < 4.78 is 38.6. The molecule has 2 aromatic rings. The Labute approximate surface area is 160 Å². The number of anilines is 1. The Morgan fingerprint density at radius 1 is 1.07 bits per heavy atom. The normalized spacial score (nSPS) is 13.7. The zero-order chi connectivity index (χ0) is 20.2. The summed E-state index contributed by atoms with van der Waals surface area (Å²) in [6, 6.07) is 11.6. The number of hydrogen-bond acceptors (Lipinski definition) is 3. The first-order valence-electron chi connectivity index (χ1n) is 8.77. The summed E-state index contributed by atoms with van der Waals surface area (Å²) in [4.78, 5) is 12.7. The first kappa shape index (κ1) is 20.9. The molecule has 146 valence electrons. The molecule has 0 heterocycles. The summed E-state index contributed by atoms with van der Waals surface area (Å²) in [5.74, 6) is -0.912. The molecule has 2 rings (SSSR count). The molecule has 0 aliphatic rings. The Morgan fingerprint density at radius 3 is 2.11 bits per heavy atom. The van der Waals surface area contributed by atoms with Crippen LogP contribution in [0.3, 0.4) is 0 Å². The van der Waals surface area contributed by atoms with Gasteiger partial charge in [-0.2, -0.15) is 0 Å². The fourth-order valence-electron chi connectivity index (χ4n) is 2.86. The van der Waals surface area contributed by atoms with Crippen molar-refractivity contribution in [2.24, 2.45) is 0 Å². The van der Waals surface area contributed by atoms with Crippen LogP contribution in [0.15, 0.2) is 48.5 Å². The van der Waals surface area contributed by atoms with Crippen molar-refractivity contribution in [2.75, 3.05) is 10.6 Å². The summed E-state index contributed by atoms with van der Waals surface area (Å²) in [6.45, 7) is 5.41. The molecule has 0 aromatic heterocycles. The number of benzene rings is 2. The van der Waals surface area contributed by atoms with E-state index in [0.717, 1.165) is 34.7 Å². The number of sulfonamides is 1. The average Bonchev–Trinajstić information content (AvgIpc) is 2.62. The number of hydrogen-bond donors (Lipinski definition) is 1. The molecule has 0 saturated carbocycles. The summed E-state index contributed by atoms with van der Waals surface area (Å²) in [5.41, 5.74) is 2.37. The lowest BCUT2D eigenvalue weighted by Crippen LogP contribution is -2.48. The van der Waals surface area contributed by atoms with Gasteiger partial charge in [0.2, 0.25) is 15.9 Å². The fraction of sp³-hybridized carbons (Fsp3) is 0.350. The van der Waals surface area contributed by atoms with Crippen LogP contribution in [0.25, 0.3) is 0 Å². The Morgan fingerprint density at radius 2 is 1.63 bits per heavy atom. The van der Waals surface area contributed by atoms with E-state index in [1.165, 1.54) is 24.6 Å². The van der Waals surface area contributed by atoms with Crippen molar-refractivity contribution >= 4 is 21.6 Å². The lowest BCUT2D eigenvalue weighted by atomic mass is 10.0. The maximum absolute atomic E-state index is 13.2. The second-order valence-electron chi connectivity index (χ2n) is 6.54. The molecule has 7 heteroatoms. The summed E-state index contributed by atoms with van der Waals surface area (Å²) >= 11 is 0. The number of halogens is 1. The van der Waals surface area contributed by atoms with Gasteiger partial charge in [-0.1, -0.05) is 31.2 Å². The number of carbonyl (C=O) groups is 1. The van der Waals surface area contributed by atoms with E-state index >= 15 is 0 Å². The van der Waals surface area contributed by atoms with E-state index in [1.54, 1.807) is 0 Å². The minimum Gasteiger partial charge on any atom is -0.348 e. The van der Waals surface area contributed by atoms with E-state index < -0.39 is 27.8 Å². The van der Waals surface area contributed by atoms with Gasteiger partial charge in [0.05, 0.1) is 18.0 Å². The Balaban J connectivity index is 2.20. The van der Waals surface area contributed by atoms with Gasteiger partial charge in [0, 0.05) is 0 Å². The van der Waals surface area contributed by atoms with Crippen molar-refractivity contribution in [3.8, 4) is 0 Å². The van der Waals surface area contributed by atoms with E-state index in [9.17, 15) is 17.6 Å². The number of nitrogens with zero attached hydrogens (tertiary/aromatic N) is 1. The first-order chi connectivity index (χ1) is 12.6. The van der Waals surface area contributed by atoms with Crippen LogP contribution in [-0.4, -0.2) is 26.6 Å². The highest BCUT2D eigenvalue weighted by Gasteiger charge is 2.29. The van der Waals surface area contributed by atoms with Crippen molar-refractivity contribution < 1.29 is 17.6 Å². The van der Waals surface area contributed by atoms with Crippen LogP contribution < -0.4 is 9.62 Å². The second kappa shape index (κ2) is 8.52. The number of aryl methyl sites for hydroxylation is 1. The second-order valence-corrected chi connectivity index (χ2v) is 8.40. The van der Waals surface area contributed by atoms with Crippen LogP contribution in [0.1, 0.15) is 37.9 Å². The van der Waals surface area contributed by atoms with Gasteiger partial charge in [-0.15, -0.1) is 0 Å². The largest absolute Gasteiger partial charge is 0.348 e. The molecular formula is C20H25FN2O3S. The Hall–Kier alpha value is -2.41. The number of amides is 1.